The minimum Gasteiger partial charge on any atom is -0.870 e. The van der Waals surface area contributed by atoms with Crippen molar-refractivity contribution in [2.75, 3.05) is 11.9 Å². The molecule has 0 bridgehead atoms. The van der Waals surface area contributed by atoms with Crippen molar-refractivity contribution >= 4 is 67.1 Å². The predicted octanol–water partition coefficient (Wildman–Crippen LogP) is 3.85. The third kappa shape index (κ3) is 6.72. The zero-order valence-corrected chi connectivity index (χ0v) is 25.4. The van der Waals surface area contributed by atoms with Gasteiger partial charge in [-0.1, -0.05) is 59.3 Å². The molecule has 0 heterocycles. The molecule has 0 fully saturated rings. The van der Waals surface area contributed by atoms with E-state index in [1.807, 2.05) is 0 Å². The van der Waals surface area contributed by atoms with Crippen molar-refractivity contribution in [2.24, 2.45) is 10.2 Å². The van der Waals surface area contributed by atoms with Crippen LogP contribution in [0.2, 0.25) is 10.0 Å². The second kappa shape index (κ2) is 12.6. The molecule has 0 radical (unpaired) electrons. The number of azo groups is 1. The van der Waals surface area contributed by atoms with Gasteiger partial charge < -0.3 is 15.2 Å². The summed E-state index contributed by atoms with van der Waals surface area (Å²) in [5.41, 5.74) is 0.195. The summed E-state index contributed by atoms with van der Waals surface area (Å²) in [4.78, 5) is 12.8. The second-order valence-corrected chi connectivity index (χ2v) is 10.2. The van der Waals surface area contributed by atoms with E-state index < -0.39 is 21.8 Å². The number of carbonyl (C=O) groups excluding carboxylic acids is 1. The Morgan fingerprint density at radius 2 is 1.79 bits per heavy atom. The standard InChI is InChI=1S/C26H21Cl2N3O6S.Na/c1-3-37-21-10-6-9-19(23(21)28)29-26(33)17-12-15-7-4-5-8-16(15)24(25(17)32)31-30-20-11-14(2)22(13-18(20)27)38(34,35)36;/h4-13,32H,3H2,1-2H3,(H,29,33)(H,34,35,36);/q;+1/p-1. The fourth-order valence-corrected chi connectivity index (χ4v) is 4.97. The molecule has 1 amide bonds. The summed E-state index contributed by atoms with van der Waals surface area (Å²) in [6, 6.07) is 15.5. The smallest absolute Gasteiger partial charge is 0.870 e. The van der Waals surface area contributed by atoms with Gasteiger partial charge in [0.1, 0.15) is 16.5 Å². The van der Waals surface area contributed by atoms with Crippen molar-refractivity contribution in [3.8, 4) is 11.5 Å². The SMILES string of the molecule is CCOc1cccc(NC(=O)c2cc3ccccc3c(N=Nc3cc(C)c(S(=O)(=O)O)cc3Cl)c2[O-])c1Cl.[Na+]. The number of carbonyl (C=O) groups is 1. The quantitative estimate of drug-likeness (QED) is 0.189. The first-order chi connectivity index (χ1) is 18.0. The minimum atomic E-state index is -4.49. The van der Waals surface area contributed by atoms with Gasteiger partial charge in [-0.15, -0.1) is 5.11 Å². The molecule has 0 aliphatic carbocycles. The van der Waals surface area contributed by atoms with Crippen molar-refractivity contribution in [1.29, 1.82) is 0 Å². The number of anilines is 1. The first-order valence-electron chi connectivity index (χ1n) is 11.2. The molecule has 0 aliphatic rings. The molecular formula is C26H20Cl2N3NaO6S. The Morgan fingerprint density at radius 1 is 1.08 bits per heavy atom. The number of halogens is 2. The van der Waals surface area contributed by atoms with E-state index in [4.69, 9.17) is 27.9 Å². The zero-order chi connectivity index (χ0) is 27.6. The Kier molecular flexibility index (Phi) is 10.0. The van der Waals surface area contributed by atoms with E-state index in [0.717, 1.165) is 6.07 Å². The maximum atomic E-state index is 13.4. The molecule has 0 aromatic heterocycles. The van der Waals surface area contributed by atoms with Crippen LogP contribution in [0.5, 0.6) is 11.5 Å². The van der Waals surface area contributed by atoms with Crippen LogP contribution in [0.1, 0.15) is 22.8 Å². The van der Waals surface area contributed by atoms with Gasteiger partial charge in [-0.05, 0) is 55.1 Å². The average Bonchev–Trinajstić information content (AvgIpc) is 2.86. The van der Waals surface area contributed by atoms with Crippen LogP contribution in [-0.4, -0.2) is 25.5 Å². The van der Waals surface area contributed by atoms with Gasteiger partial charge in [-0.25, -0.2) is 0 Å². The maximum Gasteiger partial charge on any atom is 1.00 e. The fraction of sp³-hybridized carbons (Fsp3) is 0.115. The molecule has 0 aliphatic heterocycles. The van der Waals surface area contributed by atoms with Crippen molar-refractivity contribution in [3.63, 3.8) is 0 Å². The molecule has 0 saturated heterocycles. The molecule has 2 N–H and O–H groups in total. The summed E-state index contributed by atoms with van der Waals surface area (Å²) < 4.78 is 37.9. The Balaban J connectivity index is 0.00000420. The fourth-order valence-electron chi connectivity index (χ4n) is 3.75. The van der Waals surface area contributed by atoms with Crippen molar-refractivity contribution in [1.82, 2.24) is 0 Å². The summed E-state index contributed by atoms with van der Waals surface area (Å²) in [5, 5.41) is 25.3. The van der Waals surface area contributed by atoms with E-state index in [1.54, 1.807) is 49.4 Å². The summed E-state index contributed by atoms with van der Waals surface area (Å²) in [6.07, 6.45) is 0. The third-order valence-electron chi connectivity index (χ3n) is 5.51. The average molecular weight is 596 g/mol. The van der Waals surface area contributed by atoms with E-state index in [2.05, 4.69) is 15.5 Å². The molecule has 0 saturated carbocycles. The van der Waals surface area contributed by atoms with Crippen LogP contribution in [0.25, 0.3) is 10.8 Å². The number of rotatable bonds is 7. The molecule has 9 nitrogen and oxygen atoms in total. The molecule has 196 valence electrons. The molecule has 4 aromatic carbocycles. The van der Waals surface area contributed by atoms with Crippen molar-refractivity contribution in [2.45, 2.75) is 18.7 Å². The largest absolute Gasteiger partial charge is 1.00 e. The Hall–Kier alpha value is -2.70. The summed E-state index contributed by atoms with van der Waals surface area (Å²) in [7, 11) is -4.49. The number of ether oxygens (including phenoxy) is 1. The van der Waals surface area contributed by atoms with Crippen LogP contribution < -0.4 is 44.7 Å². The van der Waals surface area contributed by atoms with E-state index in [0.29, 0.717) is 23.1 Å². The van der Waals surface area contributed by atoms with Crippen molar-refractivity contribution < 1.29 is 57.2 Å². The number of hydrogen-bond donors (Lipinski definition) is 2. The number of hydrogen-bond acceptors (Lipinski definition) is 7. The van der Waals surface area contributed by atoms with Gasteiger partial charge in [0.2, 0.25) is 0 Å². The molecule has 0 spiro atoms. The molecule has 4 rings (SSSR count). The number of nitrogens with one attached hydrogen (secondary N) is 1. The van der Waals surface area contributed by atoms with E-state index in [-0.39, 0.29) is 72.7 Å². The number of nitrogens with zero attached hydrogens (tertiary/aromatic N) is 2. The predicted molar refractivity (Wildman–Crippen MR) is 144 cm³/mol. The van der Waals surface area contributed by atoms with Crippen LogP contribution in [0, 0.1) is 6.92 Å². The van der Waals surface area contributed by atoms with E-state index in [1.165, 1.54) is 19.1 Å². The Bertz CT molecular complexity index is 1710. The van der Waals surface area contributed by atoms with E-state index >= 15 is 0 Å². The van der Waals surface area contributed by atoms with Gasteiger partial charge in [-0.3, -0.25) is 9.35 Å². The van der Waals surface area contributed by atoms with Crippen LogP contribution in [0.15, 0.2) is 75.8 Å². The molecule has 0 atom stereocenters. The summed E-state index contributed by atoms with van der Waals surface area (Å²) >= 11 is 12.5. The third-order valence-corrected chi connectivity index (χ3v) is 7.20. The topological polar surface area (TPSA) is 140 Å². The first kappa shape index (κ1) is 30.8. The summed E-state index contributed by atoms with van der Waals surface area (Å²) in [6.45, 7) is 3.63. The Morgan fingerprint density at radius 3 is 2.49 bits per heavy atom. The van der Waals surface area contributed by atoms with Gasteiger partial charge in [0.05, 0.1) is 27.9 Å². The van der Waals surface area contributed by atoms with Crippen LogP contribution in [0.4, 0.5) is 17.1 Å². The van der Waals surface area contributed by atoms with Gasteiger partial charge in [0.25, 0.3) is 16.0 Å². The molecule has 0 unspecified atom stereocenters. The normalized spacial score (nSPS) is 11.4. The number of fused-ring (bicyclic) bond motifs is 1. The second-order valence-electron chi connectivity index (χ2n) is 8.07. The monoisotopic (exact) mass is 595 g/mol. The van der Waals surface area contributed by atoms with Crippen LogP contribution >= 0.6 is 23.2 Å². The molecule has 13 heteroatoms. The van der Waals surface area contributed by atoms with Crippen molar-refractivity contribution in [3.05, 3.63) is 81.8 Å². The van der Waals surface area contributed by atoms with Gasteiger partial charge in [0.15, 0.2) is 0 Å². The summed E-state index contributed by atoms with van der Waals surface area (Å²) in [5.74, 6) is -1.02. The number of aryl methyl sites for hydroxylation is 1. The van der Waals surface area contributed by atoms with Gasteiger partial charge in [0, 0.05) is 10.9 Å². The van der Waals surface area contributed by atoms with Gasteiger partial charge in [-0.2, -0.15) is 13.5 Å². The maximum absolute atomic E-state index is 13.4. The number of amides is 1. The minimum absolute atomic E-state index is 0. The van der Waals surface area contributed by atoms with Crippen LogP contribution in [0.3, 0.4) is 0 Å². The number of benzene rings is 4. The van der Waals surface area contributed by atoms with Crippen LogP contribution in [-0.2, 0) is 10.1 Å². The Labute approximate surface area is 256 Å². The van der Waals surface area contributed by atoms with Gasteiger partial charge >= 0.3 is 29.6 Å². The zero-order valence-electron chi connectivity index (χ0n) is 21.0. The van der Waals surface area contributed by atoms with E-state index in [9.17, 15) is 22.9 Å². The molecular weight excluding hydrogens is 576 g/mol. The molecule has 39 heavy (non-hydrogen) atoms. The first-order valence-corrected chi connectivity index (χ1v) is 13.4. The molecule has 4 aromatic rings.